The minimum atomic E-state index is -0.0637. The second-order valence-corrected chi connectivity index (χ2v) is 8.70. The van der Waals surface area contributed by atoms with Crippen molar-refractivity contribution >= 4 is 56.2 Å². The highest BCUT2D eigenvalue weighted by atomic mass is 79.9. The van der Waals surface area contributed by atoms with Crippen LogP contribution in [0.4, 0.5) is 11.4 Å². The molecule has 3 aromatic carbocycles. The summed E-state index contributed by atoms with van der Waals surface area (Å²) in [5, 5.41) is 0.667. The van der Waals surface area contributed by atoms with E-state index in [4.69, 9.17) is 4.99 Å². The fourth-order valence-electron chi connectivity index (χ4n) is 3.18. The number of carbonyl (C=O) groups is 1. The van der Waals surface area contributed by atoms with Gasteiger partial charge in [0.2, 0.25) is 0 Å². The summed E-state index contributed by atoms with van der Waals surface area (Å²) in [4.78, 5) is 20.6. The fourth-order valence-corrected chi connectivity index (χ4v) is 4.58. The number of thioether (sulfide) groups is 1. The lowest BCUT2D eigenvalue weighted by molar-refractivity contribution is -0.113. The van der Waals surface area contributed by atoms with Crippen molar-refractivity contribution < 1.29 is 4.79 Å². The molecule has 1 heterocycles. The average Bonchev–Trinajstić information content (AvgIpc) is 3.00. The van der Waals surface area contributed by atoms with Crippen molar-refractivity contribution in [2.45, 2.75) is 13.8 Å². The van der Waals surface area contributed by atoms with E-state index in [1.54, 1.807) is 4.90 Å². The van der Waals surface area contributed by atoms with Gasteiger partial charge in [-0.3, -0.25) is 9.69 Å². The van der Waals surface area contributed by atoms with Gasteiger partial charge in [0, 0.05) is 4.47 Å². The molecule has 1 fully saturated rings. The van der Waals surface area contributed by atoms with E-state index in [2.05, 4.69) is 15.9 Å². The predicted octanol–water partition coefficient (Wildman–Crippen LogP) is 6.87. The zero-order valence-corrected chi connectivity index (χ0v) is 18.5. The van der Waals surface area contributed by atoms with E-state index in [1.807, 2.05) is 92.7 Å². The molecule has 0 saturated carbocycles. The Balaban J connectivity index is 1.82. The van der Waals surface area contributed by atoms with Gasteiger partial charge >= 0.3 is 0 Å². The Labute approximate surface area is 183 Å². The molecule has 0 unspecified atom stereocenters. The monoisotopic (exact) mass is 462 g/mol. The molecule has 5 heteroatoms. The lowest BCUT2D eigenvalue weighted by atomic mass is 10.1. The van der Waals surface area contributed by atoms with E-state index in [0.29, 0.717) is 10.1 Å². The molecule has 1 aliphatic heterocycles. The Hall–Kier alpha value is -2.63. The molecular formula is C24H19BrN2OS. The number of aryl methyl sites for hydroxylation is 2. The molecule has 0 N–H and O–H groups in total. The molecule has 3 aromatic rings. The molecule has 144 valence electrons. The van der Waals surface area contributed by atoms with Crippen molar-refractivity contribution in [2.75, 3.05) is 4.90 Å². The van der Waals surface area contributed by atoms with Crippen molar-refractivity contribution in [3.05, 3.63) is 98.9 Å². The highest BCUT2D eigenvalue weighted by Crippen LogP contribution is 2.38. The maximum atomic E-state index is 13.3. The van der Waals surface area contributed by atoms with E-state index >= 15 is 0 Å². The maximum absolute atomic E-state index is 13.3. The Morgan fingerprint density at radius 2 is 1.62 bits per heavy atom. The number of rotatable bonds is 3. The number of carbonyl (C=O) groups excluding carboxylic acids is 1. The third kappa shape index (κ3) is 4.21. The largest absolute Gasteiger partial charge is 0.271 e. The number of aliphatic imine (C=N–C) groups is 1. The van der Waals surface area contributed by atoms with Gasteiger partial charge in [0.1, 0.15) is 0 Å². The number of nitrogens with zero attached hydrogens (tertiary/aromatic N) is 2. The van der Waals surface area contributed by atoms with Crippen molar-refractivity contribution in [2.24, 2.45) is 4.99 Å². The molecule has 0 radical (unpaired) electrons. The van der Waals surface area contributed by atoms with E-state index in [9.17, 15) is 4.79 Å². The Morgan fingerprint density at radius 3 is 2.31 bits per heavy atom. The normalized spacial score (nSPS) is 16.8. The van der Waals surface area contributed by atoms with Gasteiger partial charge in [-0.2, -0.15) is 0 Å². The average molecular weight is 463 g/mol. The fraction of sp³-hybridized carbons (Fsp3) is 0.0833. The minimum Gasteiger partial charge on any atom is -0.268 e. The number of amides is 1. The van der Waals surface area contributed by atoms with Crippen molar-refractivity contribution in [1.82, 2.24) is 0 Å². The molecule has 0 aromatic heterocycles. The van der Waals surface area contributed by atoms with Gasteiger partial charge in [-0.05, 0) is 72.6 Å². The quantitative estimate of drug-likeness (QED) is 0.397. The van der Waals surface area contributed by atoms with Crippen LogP contribution in [0.1, 0.15) is 16.7 Å². The van der Waals surface area contributed by atoms with Crippen molar-refractivity contribution in [3.63, 3.8) is 0 Å². The van der Waals surface area contributed by atoms with E-state index in [-0.39, 0.29) is 5.91 Å². The van der Waals surface area contributed by atoms with E-state index in [0.717, 1.165) is 32.5 Å². The molecule has 1 saturated heterocycles. The van der Waals surface area contributed by atoms with Crippen LogP contribution in [0.3, 0.4) is 0 Å². The van der Waals surface area contributed by atoms with Gasteiger partial charge < -0.3 is 0 Å². The van der Waals surface area contributed by atoms with Crippen molar-refractivity contribution in [1.29, 1.82) is 0 Å². The van der Waals surface area contributed by atoms with Crippen LogP contribution in [0, 0.1) is 13.8 Å². The summed E-state index contributed by atoms with van der Waals surface area (Å²) < 4.78 is 0.978. The van der Waals surface area contributed by atoms with Crippen LogP contribution in [-0.4, -0.2) is 11.1 Å². The molecule has 4 rings (SSSR count). The molecule has 0 bridgehead atoms. The first kappa shape index (κ1) is 19.7. The van der Waals surface area contributed by atoms with Gasteiger partial charge in [0.05, 0.1) is 16.3 Å². The van der Waals surface area contributed by atoms with Crippen LogP contribution in [0.15, 0.2) is 87.2 Å². The SMILES string of the molecule is Cc1cccc(C)c1N=C1S/C(=C\c2cccc(Br)c2)C(=O)N1c1ccccc1. The molecular weight excluding hydrogens is 444 g/mol. The van der Waals surface area contributed by atoms with Crippen molar-refractivity contribution in [3.8, 4) is 0 Å². The number of para-hydroxylation sites is 2. The first-order valence-electron chi connectivity index (χ1n) is 9.22. The van der Waals surface area contributed by atoms with Crippen LogP contribution in [-0.2, 0) is 4.79 Å². The summed E-state index contributed by atoms with van der Waals surface area (Å²) in [6.45, 7) is 4.08. The lowest BCUT2D eigenvalue weighted by Crippen LogP contribution is -2.28. The molecule has 3 nitrogen and oxygen atoms in total. The van der Waals surface area contributed by atoms with E-state index in [1.165, 1.54) is 11.8 Å². The zero-order valence-electron chi connectivity index (χ0n) is 16.1. The summed E-state index contributed by atoms with van der Waals surface area (Å²) in [7, 11) is 0. The molecule has 0 atom stereocenters. The number of benzene rings is 3. The van der Waals surface area contributed by atoms with Gasteiger partial charge in [-0.15, -0.1) is 0 Å². The number of halogens is 1. The van der Waals surface area contributed by atoms with Crippen LogP contribution in [0.2, 0.25) is 0 Å². The van der Waals surface area contributed by atoms with Gasteiger partial charge in [-0.1, -0.05) is 64.5 Å². The summed E-state index contributed by atoms with van der Waals surface area (Å²) in [6, 6.07) is 23.7. The van der Waals surface area contributed by atoms with E-state index < -0.39 is 0 Å². The number of hydrogen-bond acceptors (Lipinski definition) is 3. The summed E-state index contributed by atoms with van der Waals surface area (Å²) >= 11 is 4.90. The second-order valence-electron chi connectivity index (χ2n) is 6.78. The third-order valence-electron chi connectivity index (χ3n) is 4.61. The Morgan fingerprint density at radius 1 is 0.931 bits per heavy atom. The van der Waals surface area contributed by atoms with Gasteiger partial charge in [0.25, 0.3) is 5.91 Å². The first-order chi connectivity index (χ1) is 14.0. The highest BCUT2D eigenvalue weighted by molar-refractivity contribution is 9.10. The van der Waals surface area contributed by atoms with Gasteiger partial charge in [0.15, 0.2) is 5.17 Å². The predicted molar refractivity (Wildman–Crippen MR) is 127 cm³/mol. The maximum Gasteiger partial charge on any atom is 0.271 e. The van der Waals surface area contributed by atoms with Crippen LogP contribution < -0.4 is 4.90 Å². The molecule has 0 spiro atoms. The van der Waals surface area contributed by atoms with Crippen LogP contribution >= 0.6 is 27.7 Å². The van der Waals surface area contributed by atoms with Crippen LogP contribution in [0.5, 0.6) is 0 Å². The molecule has 0 aliphatic carbocycles. The number of anilines is 1. The third-order valence-corrected chi connectivity index (χ3v) is 6.08. The minimum absolute atomic E-state index is 0.0637. The number of hydrogen-bond donors (Lipinski definition) is 0. The van der Waals surface area contributed by atoms with Gasteiger partial charge in [-0.25, -0.2) is 4.99 Å². The standard InChI is InChI=1S/C24H19BrN2OS/c1-16-8-6-9-17(2)22(16)26-24-27(20-12-4-3-5-13-20)23(28)21(29-24)15-18-10-7-11-19(25)14-18/h3-15H,1-2H3/b21-15-,26-24?. The number of amidine groups is 1. The molecule has 29 heavy (non-hydrogen) atoms. The topological polar surface area (TPSA) is 32.7 Å². The smallest absolute Gasteiger partial charge is 0.268 e. The molecule has 1 amide bonds. The Kier molecular flexibility index (Phi) is 5.69. The summed E-state index contributed by atoms with van der Waals surface area (Å²) in [5.41, 5.74) is 4.86. The Bertz CT molecular complexity index is 1120. The first-order valence-corrected chi connectivity index (χ1v) is 10.8. The summed E-state index contributed by atoms with van der Waals surface area (Å²) in [5.74, 6) is -0.0637. The highest BCUT2D eigenvalue weighted by Gasteiger charge is 2.34. The second kappa shape index (κ2) is 8.39. The summed E-state index contributed by atoms with van der Waals surface area (Å²) in [6.07, 6.45) is 1.92. The van der Waals surface area contributed by atoms with Crippen LogP contribution in [0.25, 0.3) is 6.08 Å². The molecule has 1 aliphatic rings. The zero-order chi connectivity index (χ0) is 20.4. The lowest BCUT2D eigenvalue weighted by Gasteiger charge is -2.16.